The molecule has 1 N–H and O–H groups in total. The number of hydrogen-bond donors (Lipinski definition) is 1. The van der Waals surface area contributed by atoms with Gasteiger partial charge in [0.15, 0.2) is 5.78 Å². The normalized spacial score (nSPS) is 12.4. The molecule has 1 heterocycles. The Kier molecular flexibility index (Phi) is 14.1. The van der Waals surface area contributed by atoms with Crippen LogP contribution in [0.25, 0.3) is 32.9 Å². The first kappa shape index (κ1) is 40.3. The zero-order chi connectivity index (χ0) is 34.6. The van der Waals surface area contributed by atoms with Gasteiger partial charge in [0.05, 0.1) is 5.52 Å². The number of aromatic nitrogens is 2. The predicted octanol–water partition coefficient (Wildman–Crippen LogP) is 12.1. The molecule has 47 heavy (non-hydrogen) atoms. The summed E-state index contributed by atoms with van der Waals surface area (Å²) in [6.45, 7) is 27.3. The standard InChI is InChI=1S/C27H29N2.C15H28O2.Ir/c1-15(2)21-13-20-8-9-23-26(22-11-17(5)10-18(6)12-22)28-19(7)29-27(23)25(20)24(14-21)16(3)4;1-7-14(5,8-2)12(16)11-13(17)15(6,9-3)10-4;/h8-11,13-16H,1-7H3;11,16H,7-10H2,1-6H3;/q-1;;. The first-order valence-electron chi connectivity index (χ1n) is 17.2. The zero-order valence-corrected chi connectivity index (χ0v) is 33.5. The molecule has 4 rings (SSSR count). The number of benzene rings is 3. The van der Waals surface area contributed by atoms with Crippen LogP contribution in [-0.4, -0.2) is 20.9 Å². The fourth-order valence-corrected chi connectivity index (χ4v) is 5.92. The van der Waals surface area contributed by atoms with Gasteiger partial charge in [-0.05, 0) is 72.0 Å². The van der Waals surface area contributed by atoms with E-state index < -0.39 is 0 Å². The van der Waals surface area contributed by atoms with Crippen LogP contribution in [-0.2, 0) is 24.9 Å². The van der Waals surface area contributed by atoms with Crippen LogP contribution in [0.15, 0.2) is 48.2 Å². The number of aliphatic hydroxyl groups is 1. The van der Waals surface area contributed by atoms with Crippen LogP contribution >= 0.6 is 0 Å². The maximum atomic E-state index is 12.2. The average Bonchev–Trinajstić information content (AvgIpc) is 3.02. The average molecular weight is 814 g/mol. The minimum Gasteiger partial charge on any atom is -0.512 e. The van der Waals surface area contributed by atoms with Crippen molar-refractivity contribution in [2.45, 2.75) is 128 Å². The number of ketones is 1. The van der Waals surface area contributed by atoms with E-state index >= 15 is 0 Å². The fraction of sp³-hybridized carbons (Fsp3) is 0.500. The van der Waals surface area contributed by atoms with Crippen molar-refractivity contribution in [2.24, 2.45) is 10.8 Å². The Labute approximate surface area is 298 Å². The van der Waals surface area contributed by atoms with Gasteiger partial charge in [-0.2, -0.15) is 0 Å². The molecule has 0 saturated heterocycles. The smallest absolute Gasteiger partial charge is 0.164 e. The van der Waals surface area contributed by atoms with Gasteiger partial charge in [0.25, 0.3) is 0 Å². The maximum absolute atomic E-state index is 12.2. The number of aliphatic hydroxyl groups excluding tert-OH is 1. The van der Waals surface area contributed by atoms with E-state index in [1.807, 2.05) is 48.5 Å². The molecule has 1 radical (unpaired) electrons. The van der Waals surface area contributed by atoms with Crippen molar-refractivity contribution in [3.05, 3.63) is 82.4 Å². The summed E-state index contributed by atoms with van der Waals surface area (Å²) < 4.78 is 0. The van der Waals surface area contributed by atoms with Gasteiger partial charge in [0.1, 0.15) is 11.6 Å². The van der Waals surface area contributed by atoms with E-state index in [2.05, 4.69) is 84.0 Å². The number of allylic oxidation sites excluding steroid dienone is 2. The van der Waals surface area contributed by atoms with Gasteiger partial charge in [-0.3, -0.25) is 9.78 Å². The van der Waals surface area contributed by atoms with Crippen molar-refractivity contribution < 1.29 is 30.0 Å². The summed E-state index contributed by atoms with van der Waals surface area (Å²) >= 11 is 0. The van der Waals surface area contributed by atoms with Gasteiger partial charge < -0.3 is 5.11 Å². The quantitative estimate of drug-likeness (QED) is 0.0750. The molecule has 4 nitrogen and oxygen atoms in total. The number of rotatable bonds is 10. The van der Waals surface area contributed by atoms with Crippen molar-refractivity contribution >= 4 is 27.5 Å². The van der Waals surface area contributed by atoms with Crippen LogP contribution in [0.5, 0.6) is 0 Å². The number of aryl methyl sites for hydroxylation is 3. The summed E-state index contributed by atoms with van der Waals surface area (Å²) in [7, 11) is 0. The molecule has 0 unspecified atom stereocenters. The van der Waals surface area contributed by atoms with Crippen LogP contribution in [0.1, 0.15) is 135 Å². The van der Waals surface area contributed by atoms with Crippen LogP contribution in [0.3, 0.4) is 0 Å². The summed E-state index contributed by atoms with van der Waals surface area (Å²) in [6.07, 6.45) is 4.75. The minimum absolute atomic E-state index is 0. The van der Waals surface area contributed by atoms with E-state index in [-0.39, 0.29) is 42.5 Å². The van der Waals surface area contributed by atoms with Crippen molar-refractivity contribution in [3.8, 4) is 11.3 Å². The Morgan fingerprint density at radius 1 is 0.851 bits per heavy atom. The van der Waals surface area contributed by atoms with Crippen molar-refractivity contribution in [2.75, 3.05) is 0 Å². The van der Waals surface area contributed by atoms with Crippen molar-refractivity contribution in [3.63, 3.8) is 0 Å². The summed E-state index contributed by atoms with van der Waals surface area (Å²) in [4.78, 5) is 21.9. The third kappa shape index (κ3) is 8.98. The predicted molar refractivity (Wildman–Crippen MR) is 197 cm³/mol. The molecule has 0 saturated carbocycles. The number of nitrogens with zero attached hydrogens (tertiary/aromatic N) is 2. The first-order valence-corrected chi connectivity index (χ1v) is 17.2. The molecule has 0 aliphatic carbocycles. The van der Waals surface area contributed by atoms with Crippen LogP contribution in [0.2, 0.25) is 0 Å². The number of carbonyl (C=O) groups is 1. The van der Waals surface area contributed by atoms with Gasteiger partial charge in [0.2, 0.25) is 0 Å². The van der Waals surface area contributed by atoms with Crippen molar-refractivity contribution in [1.82, 2.24) is 9.97 Å². The molecule has 0 spiro atoms. The Bertz CT molecular complexity index is 1710. The second-order valence-electron chi connectivity index (χ2n) is 14.3. The van der Waals surface area contributed by atoms with E-state index in [1.165, 1.54) is 33.5 Å². The van der Waals surface area contributed by atoms with Crippen LogP contribution < -0.4 is 0 Å². The van der Waals surface area contributed by atoms with E-state index in [9.17, 15) is 9.90 Å². The van der Waals surface area contributed by atoms with Gasteiger partial charge >= 0.3 is 0 Å². The Hall–Kier alpha value is -2.88. The topological polar surface area (TPSA) is 63.1 Å². The monoisotopic (exact) mass is 814 g/mol. The van der Waals surface area contributed by atoms with E-state index in [0.29, 0.717) is 11.8 Å². The minimum atomic E-state index is -0.337. The maximum Gasteiger partial charge on any atom is 0.164 e. The first-order chi connectivity index (χ1) is 21.5. The third-order valence-electron chi connectivity index (χ3n) is 10.2. The molecule has 4 aromatic rings. The SMILES string of the molecule is CCC(C)(CC)C(=O)C=C(O)C(C)(CC)CC.Cc1[c-]c(-c2nc(C)nc3c2ccc2cc(C(C)C)cc(C(C)C)c23)cc(C)c1.[Ir]. The van der Waals surface area contributed by atoms with E-state index in [1.54, 1.807) is 0 Å². The molecular weight excluding hydrogens is 757 g/mol. The molecule has 0 atom stereocenters. The molecular formula is C42H57IrN2O2-. The van der Waals surface area contributed by atoms with E-state index in [0.717, 1.165) is 59.2 Å². The molecule has 3 aromatic carbocycles. The summed E-state index contributed by atoms with van der Waals surface area (Å²) in [5, 5.41) is 13.8. The molecule has 1 aromatic heterocycles. The Morgan fingerprint density at radius 3 is 1.96 bits per heavy atom. The number of fused-ring (bicyclic) bond motifs is 3. The number of hydrogen-bond acceptors (Lipinski definition) is 4. The van der Waals surface area contributed by atoms with Crippen LogP contribution in [0.4, 0.5) is 0 Å². The van der Waals surface area contributed by atoms with Gasteiger partial charge in [-0.1, -0.05) is 107 Å². The Balaban J connectivity index is 0.000000370. The molecule has 5 heteroatoms. The molecule has 257 valence electrons. The summed E-state index contributed by atoms with van der Waals surface area (Å²) in [5.41, 5.74) is 7.58. The molecule has 0 amide bonds. The fourth-order valence-electron chi connectivity index (χ4n) is 5.92. The third-order valence-corrected chi connectivity index (χ3v) is 10.2. The van der Waals surface area contributed by atoms with Gasteiger partial charge in [-0.25, -0.2) is 4.98 Å². The largest absolute Gasteiger partial charge is 0.512 e. The van der Waals surface area contributed by atoms with E-state index in [4.69, 9.17) is 9.97 Å². The van der Waals surface area contributed by atoms with Gasteiger partial charge in [0, 0.05) is 42.4 Å². The van der Waals surface area contributed by atoms with Crippen molar-refractivity contribution in [1.29, 1.82) is 0 Å². The second kappa shape index (κ2) is 16.5. The van der Waals surface area contributed by atoms with Gasteiger partial charge in [-0.15, -0.1) is 34.9 Å². The molecule has 0 aliphatic rings. The molecule has 0 bridgehead atoms. The summed E-state index contributed by atoms with van der Waals surface area (Å²) in [5.74, 6) is 2.01. The summed E-state index contributed by atoms with van der Waals surface area (Å²) in [6, 6.07) is 16.9. The molecule has 0 fully saturated rings. The van der Waals surface area contributed by atoms with Crippen LogP contribution in [0, 0.1) is 37.7 Å². The molecule has 0 aliphatic heterocycles. The zero-order valence-electron chi connectivity index (χ0n) is 31.1. The second-order valence-corrected chi connectivity index (χ2v) is 14.3. The Morgan fingerprint density at radius 2 is 1.45 bits per heavy atom. The number of carbonyl (C=O) groups excluding carboxylic acids is 1.